The summed E-state index contributed by atoms with van der Waals surface area (Å²) in [5.74, 6) is 1.14. The average Bonchev–Trinajstić information content (AvgIpc) is 3.01. The fourth-order valence-electron chi connectivity index (χ4n) is 2.51. The SMILES string of the molecule is COc1cccc(-c2c3c(=O)[nH]ccc3nc3ncnn23)c1. The van der Waals surface area contributed by atoms with E-state index in [0.29, 0.717) is 28.1 Å². The fourth-order valence-corrected chi connectivity index (χ4v) is 2.51. The van der Waals surface area contributed by atoms with Crippen LogP contribution in [0.25, 0.3) is 27.9 Å². The minimum absolute atomic E-state index is 0.222. The second kappa shape index (κ2) is 4.66. The van der Waals surface area contributed by atoms with Gasteiger partial charge in [0.05, 0.1) is 23.7 Å². The number of rotatable bonds is 2. The molecule has 0 spiro atoms. The quantitative estimate of drug-likeness (QED) is 0.607. The lowest BCUT2D eigenvalue weighted by Gasteiger charge is -2.09. The maximum Gasteiger partial charge on any atom is 0.259 e. The fraction of sp³-hybridized carbons (Fsp3) is 0.0667. The largest absolute Gasteiger partial charge is 0.497 e. The van der Waals surface area contributed by atoms with Gasteiger partial charge in [-0.15, -0.1) is 0 Å². The van der Waals surface area contributed by atoms with Gasteiger partial charge < -0.3 is 9.72 Å². The van der Waals surface area contributed by atoms with Crippen LogP contribution in [-0.2, 0) is 0 Å². The summed E-state index contributed by atoms with van der Waals surface area (Å²) < 4.78 is 6.83. The van der Waals surface area contributed by atoms with Gasteiger partial charge in [0.15, 0.2) is 0 Å². The van der Waals surface area contributed by atoms with Crippen LogP contribution < -0.4 is 10.3 Å². The van der Waals surface area contributed by atoms with E-state index in [4.69, 9.17) is 4.74 Å². The van der Waals surface area contributed by atoms with E-state index in [0.717, 1.165) is 5.56 Å². The molecular weight excluding hydrogens is 282 g/mol. The molecule has 1 N–H and O–H groups in total. The number of hydrogen-bond acceptors (Lipinski definition) is 5. The first-order chi connectivity index (χ1) is 10.8. The van der Waals surface area contributed by atoms with Crippen LogP contribution in [0.5, 0.6) is 5.75 Å². The summed E-state index contributed by atoms with van der Waals surface area (Å²) in [6.07, 6.45) is 2.99. The monoisotopic (exact) mass is 293 g/mol. The summed E-state index contributed by atoms with van der Waals surface area (Å²) >= 11 is 0. The number of H-pyrrole nitrogens is 1. The van der Waals surface area contributed by atoms with Crippen molar-refractivity contribution >= 4 is 16.7 Å². The number of nitrogens with zero attached hydrogens (tertiary/aromatic N) is 4. The second-order valence-corrected chi connectivity index (χ2v) is 4.73. The third kappa shape index (κ3) is 1.76. The minimum Gasteiger partial charge on any atom is -0.497 e. The second-order valence-electron chi connectivity index (χ2n) is 4.73. The summed E-state index contributed by atoms with van der Waals surface area (Å²) in [6.45, 7) is 0. The molecule has 0 radical (unpaired) electrons. The normalized spacial score (nSPS) is 11.1. The van der Waals surface area contributed by atoms with Crippen LogP contribution >= 0.6 is 0 Å². The molecule has 0 aliphatic heterocycles. The number of fused-ring (bicyclic) bond motifs is 2. The Morgan fingerprint density at radius 1 is 1.27 bits per heavy atom. The summed E-state index contributed by atoms with van der Waals surface area (Å²) in [7, 11) is 1.60. The van der Waals surface area contributed by atoms with Crippen molar-refractivity contribution in [3.05, 3.63) is 53.2 Å². The first-order valence-electron chi connectivity index (χ1n) is 6.63. The maximum atomic E-state index is 12.3. The number of methoxy groups -OCH3 is 1. The van der Waals surface area contributed by atoms with Gasteiger partial charge in [-0.3, -0.25) is 4.79 Å². The molecule has 4 rings (SSSR count). The minimum atomic E-state index is -0.222. The molecule has 0 amide bonds. The molecule has 0 unspecified atom stereocenters. The van der Waals surface area contributed by atoms with Gasteiger partial charge in [0.25, 0.3) is 11.3 Å². The number of ether oxygens (including phenoxy) is 1. The molecule has 0 saturated carbocycles. The van der Waals surface area contributed by atoms with Crippen molar-refractivity contribution < 1.29 is 4.74 Å². The Morgan fingerprint density at radius 3 is 3.05 bits per heavy atom. The van der Waals surface area contributed by atoms with Crippen molar-refractivity contribution in [2.45, 2.75) is 0 Å². The summed E-state index contributed by atoms with van der Waals surface area (Å²) in [5, 5.41) is 4.66. The highest BCUT2D eigenvalue weighted by atomic mass is 16.5. The van der Waals surface area contributed by atoms with Gasteiger partial charge >= 0.3 is 0 Å². The molecule has 7 nitrogen and oxygen atoms in total. The van der Waals surface area contributed by atoms with Crippen molar-refractivity contribution in [1.29, 1.82) is 0 Å². The highest BCUT2D eigenvalue weighted by molar-refractivity contribution is 5.93. The molecular formula is C15H11N5O2. The Kier molecular flexibility index (Phi) is 2.65. The molecule has 0 atom stereocenters. The van der Waals surface area contributed by atoms with E-state index in [9.17, 15) is 4.79 Å². The molecule has 108 valence electrons. The van der Waals surface area contributed by atoms with E-state index >= 15 is 0 Å². The van der Waals surface area contributed by atoms with E-state index < -0.39 is 0 Å². The third-order valence-corrected chi connectivity index (χ3v) is 3.48. The van der Waals surface area contributed by atoms with E-state index in [1.165, 1.54) is 6.33 Å². The Morgan fingerprint density at radius 2 is 2.18 bits per heavy atom. The number of aromatic amines is 1. The standard InChI is InChI=1S/C15H11N5O2/c1-22-10-4-2-3-9(7-10)13-12-11(5-6-16-14(12)21)19-15-17-8-18-20(13)15/h2-8H,1H3,(H,16,21). The molecule has 0 aliphatic rings. The Bertz CT molecular complexity index is 1050. The zero-order chi connectivity index (χ0) is 15.1. The first-order valence-corrected chi connectivity index (χ1v) is 6.63. The zero-order valence-corrected chi connectivity index (χ0v) is 11.6. The van der Waals surface area contributed by atoms with Crippen LogP contribution in [0.15, 0.2) is 47.7 Å². The predicted octanol–water partition coefficient (Wildman–Crippen LogP) is 1.64. The average molecular weight is 293 g/mol. The van der Waals surface area contributed by atoms with Gasteiger partial charge in [-0.1, -0.05) is 12.1 Å². The van der Waals surface area contributed by atoms with Crippen LogP contribution in [-0.4, -0.2) is 31.7 Å². The summed E-state index contributed by atoms with van der Waals surface area (Å²) in [6, 6.07) is 9.19. The Balaban J connectivity index is 2.21. The van der Waals surface area contributed by atoms with Gasteiger partial charge in [0.2, 0.25) is 0 Å². The van der Waals surface area contributed by atoms with Crippen LogP contribution in [0, 0.1) is 0 Å². The van der Waals surface area contributed by atoms with Crippen molar-refractivity contribution in [3.8, 4) is 17.0 Å². The maximum absolute atomic E-state index is 12.3. The van der Waals surface area contributed by atoms with Crippen molar-refractivity contribution in [1.82, 2.24) is 24.6 Å². The first kappa shape index (κ1) is 12.5. The highest BCUT2D eigenvalue weighted by Crippen LogP contribution is 2.28. The van der Waals surface area contributed by atoms with E-state index in [-0.39, 0.29) is 5.56 Å². The smallest absolute Gasteiger partial charge is 0.259 e. The van der Waals surface area contributed by atoms with E-state index in [1.807, 2.05) is 24.3 Å². The number of hydrogen-bond donors (Lipinski definition) is 1. The van der Waals surface area contributed by atoms with Crippen molar-refractivity contribution in [2.75, 3.05) is 7.11 Å². The van der Waals surface area contributed by atoms with Crippen molar-refractivity contribution in [2.24, 2.45) is 0 Å². The number of nitrogens with one attached hydrogen (secondary N) is 1. The molecule has 0 aliphatic carbocycles. The molecule has 0 fully saturated rings. The predicted molar refractivity (Wildman–Crippen MR) is 80.9 cm³/mol. The van der Waals surface area contributed by atoms with Crippen LogP contribution in [0.3, 0.4) is 0 Å². The lowest BCUT2D eigenvalue weighted by atomic mass is 10.1. The van der Waals surface area contributed by atoms with Crippen molar-refractivity contribution in [3.63, 3.8) is 0 Å². The molecule has 1 aromatic carbocycles. The van der Waals surface area contributed by atoms with Crippen LogP contribution in [0.4, 0.5) is 0 Å². The van der Waals surface area contributed by atoms with Crippen LogP contribution in [0.2, 0.25) is 0 Å². The van der Waals surface area contributed by atoms with E-state index in [2.05, 4.69) is 20.1 Å². The van der Waals surface area contributed by atoms with Gasteiger partial charge in [-0.25, -0.2) is 4.98 Å². The molecule has 0 bridgehead atoms. The zero-order valence-electron chi connectivity index (χ0n) is 11.6. The third-order valence-electron chi connectivity index (χ3n) is 3.48. The molecule has 0 saturated heterocycles. The number of aromatic nitrogens is 5. The van der Waals surface area contributed by atoms with Crippen LogP contribution in [0.1, 0.15) is 0 Å². The molecule has 3 aromatic heterocycles. The van der Waals surface area contributed by atoms with E-state index in [1.54, 1.807) is 23.9 Å². The Labute approximate surface area is 124 Å². The van der Waals surface area contributed by atoms with Gasteiger partial charge in [-0.2, -0.15) is 14.6 Å². The highest BCUT2D eigenvalue weighted by Gasteiger charge is 2.15. The molecule has 22 heavy (non-hydrogen) atoms. The topological polar surface area (TPSA) is 85.2 Å². The van der Waals surface area contributed by atoms with Gasteiger partial charge in [-0.05, 0) is 18.2 Å². The number of pyridine rings is 1. The molecule has 3 heterocycles. The molecule has 7 heteroatoms. The number of benzene rings is 1. The van der Waals surface area contributed by atoms with Gasteiger partial charge in [0, 0.05) is 11.8 Å². The lowest BCUT2D eigenvalue weighted by molar-refractivity contribution is 0.415. The Hall–Kier alpha value is -3.22. The molecule has 4 aromatic rings. The lowest BCUT2D eigenvalue weighted by Crippen LogP contribution is -2.10. The summed E-state index contributed by atoms with van der Waals surface area (Å²) in [5.41, 5.74) is 1.79. The summed E-state index contributed by atoms with van der Waals surface area (Å²) in [4.78, 5) is 23.5. The van der Waals surface area contributed by atoms with Gasteiger partial charge in [0.1, 0.15) is 12.1 Å².